The maximum absolute atomic E-state index is 12.7. The molecule has 1 aliphatic rings. The molecule has 8 heteroatoms. The van der Waals surface area contributed by atoms with E-state index in [-0.39, 0.29) is 0 Å². The SMILES string of the molecule is Cc1ncc(-c2ccc(C(F)(F)F)nc2)c(OC[C@H]2CC2c2ccccn2)n1. The van der Waals surface area contributed by atoms with Gasteiger partial charge in [0.2, 0.25) is 5.88 Å². The molecule has 3 heterocycles. The van der Waals surface area contributed by atoms with Gasteiger partial charge in [0.15, 0.2) is 0 Å². The summed E-state index contributed by atoms with van der Waals surface area (Å²) >= 11 is 0. The molecule has 0 saturated heterocycles. The standard InChI is InChI=1S/C20H17F3N4O/c1-12-25-10-16(13-5-6-18(26-9-13)20(21,22)23)19(27-12)28-11-14-8-15(14)17-4-2-3-7-24-17/h2-7,9-10,14-15H,8,11H2,1H3/t14-,15?/m1/s1. The molecule has 1 fully saturated rings. The number of ether oxygens (including phenoxy) is 1. The second-order valence-electron chi connectivity index (χ2n) is 6.73. The minimum atomic E-state index is -4.48. The molecule has 0 bridgehead atoms. The third-order valence-corrected chi connectivity index (χ3v) is 4.66. The summed E-state index contributed by atoms with van der Waals surface area (Å²) in [6.45, 7) is 2.19. The Kier molecular flexibility index (Phi) is 4.70. The van der Waals surface area contributed by atoms with Crippen molar-refractivity contribution in [3.63, 3.8) is 0 Å². The lowest BCUT2D eigenvalue weighted by molar-refractivity contribution is -0.141. The smallest absolute Gasteiger partial charge is 0.433 e. The van der Waals surface area contributed by atoms with Crippen LogP contribution in [-0.4, -0.2) is 26.5 Å². The number of hydrogen-bond acceptors (Lipinski definition) is 5. The Bertz CT molecular complexity index is 961. The lowest BCUT2D eigenvalue weighted by Crippen LogP contribution is -2.08. The van der Waals surface area contributed by atoms with Crippen LogP contribution in [0.4, 0.5) is 13.2 Å². The molecule has 4 rings (SSSR count). The van der Waals surface area contributed by atoms with Crippen molar-refractivity contribution in [1.82, 2.24) is 19.9 Å². The molecule has 0 aliphatic heterocycles. The van der Waals surface area contributed by atoms with Crippen LogP contribution in [0.5, 0.6) is 5.88 Å². The summed E-state index contributed by atoms with van der Waals surface area (Å²) in [4.78, 5) is 16.3. The molecule has 3 aromatic rings. The van der Waals surface area contributed by atoms with E-state index >= 15 is 0 Å². The maximum atomic E-state index is 12.7. The predicted octanol–water partition coefficient (Wildman–Crippen LogP) is 4.44. The molecule has 2 atom stereocenters. The van der Waals surface area contributed by atoms with Gasteiger partial charge in [0.1, 0.15) is 11.5 Å². The minimum Gasteiger partial charge on any atom is -0.477 e. The Morgan fingerprint density at radius 1 is 1.07 bits per heavy atom. The second kappa shape index (κ2) is 7.18. The van der Waals surface area contributed by atoms with Crippen LogP contribution >= 0.6 is 0 Å². The number of alkyl halides is 3. The summed E-state index contributed by atoms with van der Waals surface area (Å²) in [5.74, 6) is 1.57. The quantitative estimate of drug-likeness (QED) is 0.649. The van der Waals surface area contributed by atoms with Gasteiger partial charge in [0, 0.05) is 41.7 Å². The molecule has 1 unspecified atom stereocenters. The van der Waals surface area contributed by atoms with Crippen LogP contribution in [0.15, 0.2) is 48.9 Å². The number of rotatable bonds is 5. The summed E-state index contributed by atoms with van der Waals surface area (Å²) in [6.07, 6.45) is 0.990. The van der Waals surface area contributed by atoms with Gasteiger partial charge >= 0.3 is 6.18 Å². The van der Waals surface area contributed by atoms with E-state index in [1.54, 1.807) is 19.3 Å². The fourth-order valence-corrected chi connectivity index (χ4v) is 3.05. The maximum Gasteiger partial charge on any atom is 0.433 e. The first-order valence-electron chi connectivity index (χ1n) is 8.83. The van der Waals surface area contributed by atoms with Crippen LogP contribution in [0.1, 0.15) is 29.6 Å². The number of aryl methyl sites for hydroxylation is 1. The van der Waals surface area contributed by atoms with Gasteiger partial charge < -0.3 is 4.74 Å². The van der Waals surface area contributed by atoms with Crippen molar-refractivity contribution in [3.05, 3.63) is 66.1 Å². The van der Waals surface area contributed by atoms with Gasteiger partial charge in [-0.2, -0.15) is 18.2 Å². The summed E-state index contributed by atoms with van der Waals surface area (Å²) in [7, 11) is 0. The Balaban J connectivity index is 1.50. The van der Waals surface area contributed by atoms with Crippen molar-refractivity contribution >= 4 is 0 Å². The predicted molar refractivity (Wildman–Crippen MR) is 95.6 cm³/mol. The molecule has 0 N–H and O–H groups in total. The summed E-state index contributed by atoms with van der Waals surface area (Å²) in [5.41, 5.74) is 1.09. The van der Waals surface area contributed by atoms with Crippen molar-refractivity contribution in [1.29, 1.82) is 0 Å². The van der Waals surface area contributed by atoms with E-state index in [0.717, 1.165) is 24.4 Å². The van der Waals surface area contributed by atoms with Crippen LogP contribution in [0.3, 0.4) is 0 Å². The summed E-state index contributed by atoms with van der Waals surface area (Å²) < 4.78 is 44.1. The van der Waals surface area contributed by atoms with E-state index in [1.807, 2.05) is 18.2 Å². The van der Waals surface area contributed by atoms with Crippen molar-refractivity contribution in [2.45, 2.75) is 25.4 Å². The van der Waals surface area contributed by atoms with E-state index in [2.05, 4.69) is 19.9 Å². The summed E-state index contributed by atoms with van der Waals surface area (Å²) in [6, 6.07) is 8.13. The minimum absolute atomic E-state index is 0.337. The highest BCUT2D eigenvalue weighted by Crippen LogP contribution is 2.46. The molecule has 1 saturated carbocycles. The first kappa shape index (κ1) is 18.3. The zero-order valence-corrected chi connectivity index (χ0v) is 15.0. The fourth-order valence-electron chi connectivity index (χ4n) is 3.05. The van der Waals surface area contributed by atoms with E-state index < -0.39 is 11.9 Å². The first-order valence-corrected chi connectivity index (χ1v) is 8.83. The van der Waals surface area contributed by atoms with Gasteiger partial charge in [-0.1, -0.05) is 12.1 Å². The Hall–Kier alpha value is -3.03. The van der Waals surface area contributed by atoms with Crippen LogP contribution in [0.2, 0.25) is 0 Å². The Labute approximate surface area is 159 Å². The monoisotopic (exact) mass is 386 g/mol. The number of pyridine rings is 2. The van der Waals surface area contributed by atoms with Crippen molar-refractivity contribution in [3.8, 4) is 17.0 Å². The number of halogens is 3. The Morgan fingerprint density at radius 2 is 1.93 bits per heavy atom. The second-order valence-corrected chi connectivity index (χ2v) is 6.73. The Morgan fingerprint density at radius 3 is 2.61 bits per heavy atom. The fraction of sp³-hybridized carbons (Fsp3) is 0.300. The lowest BCUT2D eigenvalue weighted by atomic mass is 10.1. The van der Waals surface area contributed by atoms with E-state index in [4.69, 9.17) is 4.74 Å². The topological polar surface area (TPSA) is 60.8 Å². The number of nitrogens with zero attached hydrogens (tertiary/aromatic N) is 4. The van der Waals surface area contributed by atoms with Crippen LogP contribution < -0.4 is 4.74 Å². The average Bonchev–Trinajstić information content (AvgIpc) is 3.46. The molecule has 144 valence electrons. The van der Waals surface area contributed by atoms with Gasteiger partial charge in [-0.25, -0.2) is 4.98 Å². The third-order valence-electron chi connectivity index (χ3n) is 4.66. The van der Waals surface area contributed by atoms with Crippen molar-refractivity contribution in [2.75, 3.05) is 6.61 Å². The zero-order valence-electron chi connectivity index (χ0n) is 15.0. The molecule has 28 heavy (non-hydrogen) atoms. The highest BCUT2D eigenvalue weighted by Gasteiger charge is 2.40. The lowest BCUT2D eigenvalue weighted by Gasteiger charge is -2.12. The largest absolute Gasteiger partial charge is 0.477 e. The van der Waals surface area contributed by atoms with Crippen LogP contribution in [0, 0.1) is 12.8 Å². The molecule has 0 aromatic carbocycles. The normalized spacial score (nSPS) is 18.7. The van der Waals surface area contributed by atoms with Crippen molar-refractivity contribution < 1.29 is 17.9 Å². The van der Waals surface area contributed by atoms with E-state index in [0.29, 0.717) is 41.3 Å². The molecule has 0 radical (unpaired) electrons. The van der Waals surface area contributed by atoms with Crippen LogP contribution in [-0.2, 0) is 6.18 Å². The molecular formula is C20H17F3N4O. The number of hydrogen-bond donors (Lipinski definition) is 0. The van der Waals surface area contributed by atoms with Gasteiger partial charge in [-0.3, -0.25) is 9.97 Å². The van der Waals surface area contributed by atoms with Gasteiger partial charge in [0.25, 0.3) is 0 Å². The highest BCUT2D eigenvalue weighted by molar-refractivity contribution is 5.66. The van der Waals surface area contributed by atoms with Crippen molar-refractivity contribution in [2.24, 2.45) is 5.92 Å². The van der Waals surface area contributed by atoms with E-state index in [9.17, 15) is 13.2 Å². The van der Waals surface area contributed by atoms with Gasteiger partial charge in [0.05, 0.1) is 12.2 Å². The van der Waals surface area contributed by atoms with Gasteiger partial charge in [-0.05, 0) is 31.5 Å². The molecule has 0 amide bonds. The third kappa shape index (κ3) is 3.95. The molecule has 5 nitrogen and oxygen atoms in total. The number of aromatic nitrogens is 4. The summed E-state index contributed by atoms with van der Waals surface area (Å²) in [5, 5.41) is 0. The zero-order chi connectivity index (χ0) is 19.7. The molecule has 1 aliphatic carbocycles. The molecule has 0 spiro atoms. The van der Waals surface area contributed by atoms with Crippen LogP contribution in [0.25, 0.3) is 11.1 Å². The van der Waals surface area contributed by atoms with Gasteiger partial charge in [-0.15, -0.1) is 0 Å². The average molecular weight is 386 g/mol. The molecule has 3 aromatic heterocycles. The van der Waals surface area contributed by atoms with E-state index in [1.165, 1.54) is 6.07 Å². The first-order chi connectivity index (χ1) is 13.4. The highest BCUT2D eigenvalue weighted by atomic mass is 19.4. The molecular weight excluding hydrogens is 369 g/mol.